The molecule has 0 bridgehead atoms. The van der Waals surface area contributed by atoms with Crippen LogP contribution in [0.15, 0.2) is 42.7 Å². The van der Waals surface area contributed by atoms with Gasteiger partial charge in [0.25, 0.3) is 0 Å². The van der Waals surface area contributed by atoms with Crippen LogP contribution in [0.25, 0.3) is 10.9 Å². The highest BCUT2D eigenvalue weighted by atomic mass is 35.5. The molecule has 0 aliphatic heterocycles. The Morgan fingerprint density at radius 1 is 1.22 bits per heavy atom. The van der Waals surface area contributed by atoms with Crippen molar-refractivity contribution in [2.24, 2.45) is 7.05 Å². The number of aryl methyl sites for hydroxylation is 3. The van der Waals surface area contributed by atoms with Crippen LogP contribution in [0.3, 0.4) is 0 Å². The molecule has 0 radical (unpaired) electrons. The highest BCUT2D eigenvalue weighted by molar-refractivity contribution is 6.31. The predicted molar refractivity (Wildman–Crippen MR) is 73.9 cm³/mol. The third kappa shape index (κ3) is 2.02. The summed E-state index contributed by atoms with van der Waals surface area (Å²) in [6, 6.07) is 10.2. The van der Waals surface area contributed by atoms with Gasteiger partial charge in [-0.3, -0.25) is 4.68 Å². The Bertz CT molecular complexity index is 681. The van der Waals surface area contributed by atoms with Crippen molar-refractivity contribution in [1.82, 2.24) is 14.3 Å². The van der Waals surface area contributed by atoms with E-state index in [-0.39, 0.29) is 0 Å². The van der Waals surface area contributed by atoms with Crippen LogP contribution in [-0.2, 0) is 20.0 Å². The van der Waals surface area contributed by atoms with E-state index in [1.807, 2.05) is 30.1 Å². The van der Waals surface area contributed by atoms with Gasteiger partial charge in [0.15, 0.2) is 0 Å². The largest absolute Gasteiger partial charge is 0.347 e. The van der Waals surface area contributed by atoms with Crippen molar-refractivity contribution < 1.29 is 0 Å². The number of nitrogens with zero attached hydrogens (tertiary/aromatic N) is 3. The van der Waals surface area contributed by atoms with Gasteiger partial charge < -0.3 is 4.57 Å². The third-order valence-corrected chi connectivity index (χ3v) is 3.50. The molecule has 0 atom stereocenters. The Morgan fingerprint density at radius 2 is 2.11 bits per heavy atom. The normalized spacial score (nSPS) is 11.2. The Morgan fingerprint density at radius 3 is 2.89 bits per heavy atom. The highest BCUT2D eigenvalue weighted by Gasteiger charge is 2.03. The molecule has 2 heterocycles. The van der Waals surface area contributed by atoms with Gasteiger partial charge in [0.1, 0.15) is 0 Å². The third-order valence-electron chi connectivity index (χ3n) is 3.26. The van der Waals surface area contributed by atoms with Crippen molar-refractivity contribution in [3.05, 3.63) is 53.4 Å². The van der Waals surface area contributed by atoms with Crippen LogP contribution in [0.4, 0.5) is 0 Å². The van der Waals surface area contributed by atoms with Crippen molar-refractivity contribution in [3.8, 4) is 0 Å². The van der Waals surface area contributed by atoms with Crippen molar-refractivity contribution in [3.63, 3.8) is 0 Å². The number of hydrogen-bond donors (Lipinski definition) is 0. The quantitative estimate of drug-likeness (QED) is 0.708. The van der Waals surface area contributed by atoms with E-state index in [0.717, 1.165) is 18.0 Å². The van der Waals surface area contributed by atoms with Crippen molar-refractivity contribution in [2.75, 3.05) is 0 Å². The van der Waals surface area contributed by atoms with Crippen LogP contribution in [0.1, 0.15) is 5.69 Å². The summed E-state index contributed by atoms with van der Waals surface area (Å²) in [6.07, 6.45) is 4.92. The zero-order valence-corrected chi connectivity index (χ0v) is 10.9. The summed E-state index contributed by atoms with van der Waals surface area (Å²) in [5.41, 5.74) is 2.47. The van der Waals surface area contributed by atoms with E-state index in [2.05, 4.69) is 34.1 Å². The van der Waals surface area contributed by atoms with E-state index in [0.29, 0.717) is 0 Å². The minimum atomic E-state index is 0.784. The van der Waals surface area contributed by atoms with Crippen LogP contribution >= 0.6 is 11.6 Å². The first kappa shape index (κ1) is 11.4. The minimum Gasteiger partial charge on any atom is -0.347 e. The lowest BCUT2D eigenvalue weighted by Crippen LogP contribution is -2.04. The molecule has 0 aliphatic rings. The number of benzene rings is 1. The number of halogens is 1. The fourth-order valence-electron chi connectivity index (χ4n) is 2.25. The molecule has 0 amide bonds. The van der Waals surface area contributed by atoms with Gasteiger partial charge >= 0.3 is 0 Å². The van der Waals surface area contributed by atoms with Crippen LogP contribution in [0, 0.1) is 0 Å². The molecule has 0 spiro atoms. The molecular formula is C14H14ClN3. The van der Waals surface area contributed by atoms with Gasteiger partial charge in [-0.25, -0.2) is 0 Å². The van der Waals surface area contributed by atoms with Gasteiger partial charge in [-0.15, -0.1) is 0 Å². The van der Waals surface area contributed by atoms with Gasteiger partial charge in [0.2, 0.25) is 0 Å². The molecule has 0 fully saturated rings. The molecule has 3 aromatic rings. The van der Waals surface area contributed by atoms with Crippen molar-refractivity contribution in [2.45, 2.75) is 13.0 Å². The Labute approximate surface area is 111 Å². The summed E-state index contributed by atoms with van der Waals surface area (Å²) < 4.78 is 4.17. The number of fused-ring (bicyclic) bond motifs is 1. The summed E-state index contributed by atoms with van der Waals surface area (Å²) in [4.78, 5) is 0. The SMILES string of the molecule is Cn1nccc1CCn1ccc2cc(Cl)ccc21. The summed E-state index contributed by atoms with van der Waals surface area (Å²) in [5.74, 6) is 0. The minimum absolute atomic E-state index is 0.784. The topological polar surface area (TPSA) is 22.8 Å². The van der Waals surface area contributed by atoms with Gasteiger partial charge in [0.05, 0.1) is 0 Å². The molecule has 1 aromatic carbocycles. The van der Waals surface area contributed by atoms with Gasteiger partial charge in [-0.1, -0.05) is 11.6 Å². The fourth-order valence-corrected chi connectivity index (χ4v) is 2.43. The Hall–Kier alpha value is -1.74. The molecule has 2 aromatic heterocycles. The van der Waals surface area contributed by atoms with Crippen LogP contribution in [0.2, 0.25) is 5.02 Å². The zero-order valence-electron chi connectivity index (χ0n) is 10.2. The zero-order chi connectivity index (χ0) is 12.5. The molecular weight excluding hydrogens is 246 g/mol. The molecule has 4 heteroatoms. The maximum Gasteiger partial charge on any atom is 0.0492 e. The summed E-state index contributed by atoms with van der Waals surface area (Å²) in [7, 11) is 1.98. The summed E-state index contributed by atoms with van der Waals surface area (Å²) in [5, 5.41) is 6.15. The maximum absolute atomic E-state index is 5.99. The predicted octanol–water partition coefficient (Wildman–Crippen LogP) is 3.27. The average Bonchev–Trinajstić information content (AvgIpc) is 2.93. The molecule has 0 aliphatic carbocycles. The van der Waals surface area contributed by atoms with E-state index in [4.69, 9.17) is 11.6 Å². The molecule has 92 valence electrons. The monoisotopic (exact) mass is 259 g/mol. The van der Waals surface area contributed by atoms with E-state index < -0.39 is 0 Å². The van der Waals surface area contributed by atoms with Crippen LogP contribution in [0.5, 0.6) is 0 Å². The van der Waals surface area contributed by atoms with E-state index >= 15 is 0 Å². The van der Waals surface area contributed by atoms with E-state index in [1.165, 1.54) is 16.6 Å². The molecule has 3 rings (SSSR count). The Balaban J connectivity index is 1.85. The van der Waals surface area contributed by atoms with Gasteiger partial charge in [-0.05, 0) is 30.3 Å². The molecule has 3 nitrogen and oxygen atoms in total. The van der Waals surface area contributed by atoms with Gasteiger partial charge in [-0.2, -0.15) is 5.10 Å². The number of hydrogen-bond acceptors (Lipinski definition) is 1. The number of aromatic nitrogens is 3. The van der Waals surface area contributed by atoms with Crippen molar-refractivity contribution in [1.29, 1.82) is 0 Å². The second-order valence-corrected chi connectivity index (χ2v) is 4.84. The Kier molecular flexibility index (Phi) is 2.84. The summed E-state index contributed by atoms with van der Waals surface area (Å²) >= 11 is 5.99. The lowest BCUT2D eigenvalue weighted by molar-refractivity contribution is 0.649. The molecule has 0 saturated carbocycles. The molecule has 0 N–H and O–H groups in total. The smallest absolute Gasteiger partial charge is 0.0492 e. The number of rotatable bonds is 3. The second kappa shape index (κ2) is 4.50. The highest BCUT2D eigenvalue weighted by Crippen LogP contribution is 2.20. The standard InChI is InChI=1S/C14H14ClN3/c1-17-13(4-7-16-17)6-9-18-8-5-11-10-12(15)2-3-14(11)18/h2-5,7-8,10H,6,9H2,1H3. The van der Waals surface area contributed by atoms with Crippen molar-refractivity contribution >= 4 is 22.5 Å². The average molecular weight is 260 g/mol. The van der Waals surface area contributed by atoms with E-state index in [9.17, 15) is 0 Å². The first-order chi connectivity index (χ1) is 8.74. The lowest BCUT2D eigenvalue weighted by Gasteiger charge is -2.06. The second-order valence-electron chi connectivity index (χ2n) is 4.41. The fraction of sp³-hybridized carbons (Fsp3) is 0.214. The lowest BCUT2D eigenvalue weighted by atomic mass is 10.2. The molecule has 0 saturated heterocycles. The molecule has 0 unspecified atom stereocenters. The molecule has 18 heavy (non-hydrogen) atoms. The first-order valence-corrected chi connectivity index (χ1v) is 6.33. The van der Waals surface area contributed by atoms with Crippen LogP contribution in [-0.4, -0.2) is 14.3 Å². The summed E-state index contributed by atoms with van der Waals surface area (Å²) in [6.45, 7) is 0.949. The maximum atomic E-state index is 5.99. The van der Waals surface area contributed by atoms with E-state index in [1.54, 1.807) is 0 Å². The first-order valence-electron chi connectivity index (χ1n) is 5.95. The van der Waals surface area contributed by atoms with Crippen LogP contribution < -0.4 is 0 Å². The van der Waals surface area contributed by atoms with Gasteiger partial charge in [0, 0.05) is 54.0 Å².